The summed E-state index contributed by atoms with van der Waals surface area (Å²) >= 11 is 0. The Bertz CT molecular complexity index is 300. The normalized spacial score (nSPS) is 34.2. The van der Waals surface area contributed by atoms with Crippen LogP contribution in [0.5, 0.6) is 0 Å². The van der Waals surface area contributed by atoms with E-state index in [4.69, 9.17) is 9.47 Å². The van der Waals surface area contributed by atoms with E-state index in [0.29, 0.717) is 0 Å². The second-order valence-corrected chi connectivity index (χ2v) is 5.39. The van der Waals surface area contributed by atoms with Crippen molar-refractivity contribution in [3.63, 3.8) is 0 Å². The topological polar surface area (TPSA) is 108 Å². The lowest BCUT2D eigenvalue weighted by atomic mass is 10.0. The van der Waals surface area contributed by atoms with Crippen LogP contribution in [-0.4, -0.2) is 57.7 Å². The summed E-state index contributed by atoms with van der Waals surface area (Å²) in [6.07, 6.45) is -5.32. The summed E-state index contributed by atoms with van der Waals surface area (Å²) in [4.78, 5) is 11.6. The van der Waals surface area contributed by atoms with Crippen LogP contribution < -0.4 is 5.32 Å². The largest absolute Gasteiger partial charge is 0.444 e. The third-order valence-electron chi connectivity index (χ3n) is 2.47. The average molecular weight is 263 g/mol. The minimum absolute atomic E-state index is 0.673. The Kier molecular flexibility index (Phi) is 4.55. The van der Waals surface area contributed by atoms with Crippen molar-refractivity contribution in [2.45, 2.75) is 63.9 Å². The van der Waals surface area contributed by atoms with E-state index in [1.54, 1.807) is 20.8 Å². The number of alkyl carbamates (subject to hydrolysis) is 1. The van der Waals surface area contributed by atoms with Crippen molar-refractivity contribution >= 4 is 6.09 Å². The van der Waals surface area contributed by atoms with E-state index in [-0.39, 0.29) is 0 Å². The molecular formula is C11H21NO6. The molecule has 1 amide bonds. The highest BCUT2D eigenvalue weighted by Crippen LogP contribution is 2.22. The number of aliphatic hydroxyl groups excluding tert-OH is 3. The van der Waals surface area contributed by atoms with Gasteiger partial charge in [-0.15, -0.1) is 0 Å². The van der Waals surface area contributed by atoms with Crippen LogP contribution in [0.3, 0.4) is 0 Å². The number of amides is 1. The van der Waals surface area contributed by atoms with Crippen molar-refractivity contribution in [2.75, 3.05) is 0 Å². The molecule has 0 aromatic heterocycles. The van der Waals surface area contributed by atoms with E-state index >= 15 is 0 Å². The van der Waals surface area contributed by atoms with Crippen molar-refractivity contribution < 1.29 is 29.6 Å². The fourth-order valence-corrected chi connectivity index (χ4v) is 1.72. The summed E-state index contributed by atoms with van der Waals surface area (Å²) in [5.41, 5.74) is -0.673. The molecule has 1 heterocycles. The van der Waals surface area contributed by atoms with Crippen LogP contribution in [0.15, 0.2) is 0 Å². The molecule has 18 heavy (non-hydrogen) atoms. The average Bonchev–Trinajstić information content (AvgIpc) is 2.43. The first-order valence-corrected chi connectivity index (χ1v) is 5.81. The third kappa shape index (κ3) is 3.81. The number of nitrogens with one attached hydrogen (secondary N) is 1. The third-order valence-corrected chi connectivity index (χ3v) is 2.47. The predicted octanol–water partition coefficient (Wildman–Crippen LogP) is -0.661. The van der Waals surface area contributed by atoms with Crippen LogP contribution in [0.25, 0.3) is 0 Å². The quantitative estimate of drug-likeness (QED) is 0.526. The molecule has 7 nitrogen and oxygen atoms in total. The first-order valence-electron chi connectivity index (χ1n) is 5.81. The van der Waals surface area contributed by atoms with Crippen LogP contribution in [0.1, 0.15) is 27.7 Å². The number of ether oxygens (including phenoxy) is 2. The molecule has 1 aliphatic rings. The molecular weight excluding hydrogens is 242 g/mol. The molecule has 0 spiro atoms. The van der Waals surface area contributed by atoms with Gasteiger partial charge in [-0.25, -0.2) is 4.79 Å². The van der Waals surface area contributed by atoms with Gasteiger partial charge in [0.15, 0.2) is 6.29 Å². The first kappa shape index (κ1) is 15.2. The molecule has 7 heteroatoms. The van der Waals surface area contributed by atoms with E-state index in [2.05, 4.69) is 5.32 Å². The van der Waals surface area contributed by atoms with Crippen molar-refractivity contribution in [3.05, 3.63) is 0 Å². The van der Waals surface area contributed by atoms with Gasteiger partial charge in [0.2, 0.25) is 0 Å². The molecule has 5 atom stereocenters. The van der Waals surface area contributed by atoms with Gasteiger partial charge in [-0.3, -0.25) is 0 Å². The van der Waals surface area contributed by atoms with Crippen molar-refractivity contribution in [3.8, 4) is 0 Å². The highest BCUT2D eigenvalue weighted by atomic mass is 16.6. The maximum absolute atomic E-state index is 11.6. The molecule has 4 N–H and O–H groups in total. The van der Waals surface area contributed by atoms with Gasteiger partial charge in [-0.2, -0.15) is 0 Å². The van der Waals surface area contributed by atoms with Gasteiger partial charge in [0.1, 0.15) is 17.8 Å². The van der Waals surface area contributed by atoms with Crippen LogP contribution in [0.4, 0.5) is 4.79 Å². The van der Waals surface area contributed by atoms with Crippen LogP contribution in [0, 0.1) is 0 Å². The zero-order valence-electron chi connectivity index (χ0n) is 11.0. The van der Waals surface area contributed by atoms with Crippen LogP contribution >= 0.6 is 0 Å². The van der Waals surface area contributed by atoms with Gasteiger partial charge < -0.3 is 30.1 Å². The number of hydrogen-bond acceptors (Lipinski definition) is 6. The van der Waals surface area contributed by atoms with Crippen LogP contribution in [-0.2, 0) is 9.47 Å². The minimum Gasteiger partial charge on any atom is -0.444 e. The zero-order chi connectivity index (χ0) is 14.1. The lowest BCUT2D eigenvalue weighted by Crippen LogP contribution is -2.51. The molecule has 0 radical (unpaired) electrons. The van der Waals surface area contributed by atoms with Gasteiger partial charge in [-0.05, 0) is 27.7 Å². The molecule has 106 valence electrons. The molecule has 0 bridgehead atoms. The number of aliphatic hydroxyl groups is 3. The Morgan fingerprint density at radius 3 is 2.39 bits per heavy atom. The molecule has 1 aliphatic heterocycles. The fourth-order valence-electron chi connectivity index (χ4n) is 1.72. The number of carbonyl (C=O) groups excluding carboxylic acids is 1. The number of rotatable bonds is 2. The van der Waals surface area contributed by atoms with Crippen molar-refractivity contribution in [1.82, 2.24) is 5.32 Å². The molecule has 1 saturated heterocycles. The molecule has 1 unspecified atom stereocenters. The summed E-state index contributed by atoms with van der Waals surface area (Å²) in [6, 6.07) is -0.921. The minimum atomic E-state index is -1.44. The second-order valence-electron chi connectivity index (χ2n) is 5.39. The van der Waals surface area contributed by atoms with E-state index in [0.717, 1.165) is 0 Å². The number of carbonyl (C=O) groups is 1. The van der Waals surface area contributed by atoms with Crippen molar-refractivity contribution in [1.29, 1.82) is 0 Å². The van der Waals surface area contributed by atoms with E-state index in [1.165, 1.54) is 6.92 Å². The Hall–Kier alpha value is -0.890. The molecule has 0 aromatic rings. The van der Waals surface area contributed by atoms with E-state index in [1.807, 2.05) is 0 Å². The Labute approximate surface area is 106 Å². The summed E-state index contributed by atoms with van der Waals surface area (Å²) in [5, 5.41) is 30.9. The van der Waals surface area contributed by atoms with Gasteiger partial charge in [0.25, 0.3) is 0 Å². The molecule has 0 aromatic carbocycles. The lowest BCUT2D eigenvalue weighted by Gasteiger charge is -2.26. The van der Waals surface area contributed by atoms with E-state index in [9.17, 15) is 20.1 Å². The summed E-state index contributed by atoms with van der Waals surface area (Å²) < 4.78 is 10.00. The van der Waals surface area contributed by atoms with Gasteiger partial charge in [0, 0.05) is 0 Å². The van der Waals surface area contributed by atoms with E-state index < -0.39 is 42.3 Å². The molecule has 1 rings (SSSR count). The zero-order valence-corrected chi connectivity index (χ0v) is 11.0. The predicted molar refractivity (Wildman–Crippen MR) is 61.7 cm³/mol. The summed E-state index contributed by atoms with van der Waals surface area (Å²) in [6.45, 7) is 6.55. The Morgan fingerprint density at radius 2 is 1.94 bits per heavy atom. The Balaban J connectivity index is 2.66. The van der Waals surface area contributed by atoms with Gasteiger partial charge in [0.05, 0.1) is 12.1 Å². The monoisotopic (exact) mass is 263 g/mol. The number of hydrogen-bond donors (Lipinski definition) is 4. The second kappa shape index (κ2) is 5.40. The first-order chi connectivity index (χ1) is 8.11. The molecule has 1 fully saturated rings. The maximum Gasteiger partial charge on any atom is 0.408 e. The maximum atomic E-state index is 11.6. The summed E-state index contributed by atoms with van der Waals surface area (Å²) in [5.74, 6) is 0. The smallest absolute Gasteiger partial charge is 0.408 e. The lowest BCUT2D eigenvalue weighted by molar-refractivity contribution is -0.143. The summed E-state index contributed by atoms with van der Waals surface area (Å²) in [7, 11) is 0. The van der Waals surface area contributed by atoms with Crippen molar-refractivity contribution in [2.24, 2.45) is 0 Å². The van der Waals surface area contributed by atoms with Crippen LogP contribution in [0.2, 0.25) is 0 Å². The van der Waals surface area contributed by atoms with Gasteiger partial charge in [-0.1, -0.05) is 0 Å². The molecule has 0 saturated carbocycles. The van der Waals surface area contributed by atoms with Gasteiger partial charge >= 0.3 is 6.09 Å². The molecule has 0 aliphatic carbocycles. The Morgan fingerprint density at radius 1 is 1.39 bits per heavy atom. The standard InChI is InChI=1S/C11H21NO6/c1-5(13)8-6(7(14)9(15)17-8)12-10(16)18-11(2,3)4/h5-9,13-15H,1-4H3,(H,12,16)/t5-,6-,7+,8+,9?/m0/s1. The highest BCUT2D eigenvalue weighted by molar-refractivity contribution is 5.68. The highest BCUT2D eigenvalue weighted by Gasteiger charge is 2.46. The SMILES string of the molecule is C[C@H](O)[C@H]1OC(O)[C@H](O)[C@@H]1NC(=O)OC(C)(C)C. The fraction of sp³-hybridized carbons (Fsp3) is 0.909.